The van der Waals surface area contributed by atoms with E-state index in [0.29, 0.717) is 34.1 Å². The number of nitrogens with one attached hydrogen (secondary N) is 1. The van der Waals surface area contributed by atoms with E-state index in [1.807, 2.05) is 31.2 Å². The minimum absolute atomic E-state index is 0.288. The summed E-state index contributed by atoms with van der Waals surface area (Å²) in [5.41, 5.74) is 6.01. The van der Waals surface area contributed by atoms with Crippen LogP contribution in [0.25, 0.3) is 0 Å². The lowest BCUT2D eigenvalue weighted by molar-refractivity contribution is 0.0734. The molecule has 1 N–H and O–H groups in total. The Kier molecular flexibility index (Phi) is 8.72. The van der Waals surface area contributed by atoms with E-state index in [0.717, 1.165) is 10.0 Å². The standard InChI is InChI=1S/C29H22BrClN2O4/c1-19-2-4-20(5-3-19)18-36-26-13-8-21(9-14-26)28(34)33-32-17-23-16-24(30)10-15-27(23)37-29(35)22-6-11-25(31)12-7-22/h2-17H,18H2,1H3,(H,33,34)/b32-17+. The van der Waals surface area contributed by atoms with Gasteiger partial charge in [0.25, 0.3) is 5.91 Å². The van der Waals surface area contributed by atoms with Crippen molar-refractivity contribution in [2.24, 2.45) is 5.10 Å². The summed E-state index contributed by atoms with van der Waals surface area (Å²) < 4.78 is 12.1. The third-order valence-electron chi connectivity index (χ3n) is 5.27. The van der Waals surface area contributed by atoms with Crippen molar-refractivity contribution >= 4 is 45.6 Å². The molecule has 0 saturated carbocycles. The molecule has 4 rings (SSSR count). The van der Waals surface area contributed by atoms with Gasteiger partial charge in [-0.05, 0) is 79.2 Å². The molecule has 0 bridgehead atoms. The lowest BCUT2D eigenvalue weighted by Gasteiger charge is -2.08. The number of nitrogens with zero attached hydrogens (tertiary/aromatic N) is 1. The lowest BCUT2D eigenvalue weighted by atomic mass is 10.2. The third kappa shape index (κ3) is 7.52. The smallest absolute Gasteiger partial charge is 0.343 e. The third-order valence-corrected chi connectivity index (χ3v) is 6.01. The maximum absolute atomic E-state index is 12.5. The molecule has 0 spiro atoms. The Morgan fingerprint density at radius 1 is 0.919 bits per heavy atom. The van der Waals surface area contributed by atoms with Gasteiger partial charge in [-0.15, -0.1) is 0 Å². The number of hydrogen-bond donors (Lipinski definition) is 1. The van der Waals surface area contributed by atoms with Gasteiger partial charge in [-0.3, -0.25) is 4.79 Å². The predicted molar refractivity (Wildman–Crippen MR) is 148 cm³/mol. The first-order chi connectivity index (χ1) is 17.9. The molecule has 0 aliphatic carbocycles. The Bertz CT molecular complexity index is 1420. The van der Waals surface area contributed by atoms with Crippen molar-refractivity contribution in [2.75, 3.05) is 0 Å². The molecule has 8 heteroatoms. The molecule has 0 radical (unpaired) electrons. The fourth-order valence-corrected chi connectivity index (χ4v) is 3.74. The predicted octanol–water partition coefficient (Wildman–Crippen LogP) is 6.97. The maximum Gasteiger partial charge on any atom is 0.343 e. The number of hydrogen-bond acceptors (Lipinski definition) is 5. The minimum Gasteiger partial charge on any atom is -0.489 e. The van der Waals surface area contributed by atoms with Crippen LogP contribution in [0.4, 0.5) is 0 Å². The minimum atomic E-state index is -0.539. The fraction of sp³-hybridized carbons (Fsp3) is 0.0690. The Labute approximate surface area is 228 Å². The second kappa shape index (κ2) is 12.3. The van der Waals surface area contributed by atoms with Crippen LogP contribution in [0.15, 0.2) is 101 Å². The zero-order valence-electron chi connectivity index (χ0n) is 19.8. The van der Waals surface area contributed by atoms with E-state index >= 15 is 0 Å². The Morgan fingerprint density at radius 2 is 1.59 bits per heavy atom. The number of rotatable bonds is 8. The number of ether oxygens (including phenoxy) is 2. The molecule has 186 valence electrons. The molecule has 0 atom stereocenters. The number of carbonyl (C=O) groups excluding carboxylic acids is 2. The highest BCUT2D eigenvalue weighted by Crippen LogP contribution is 2.23. The average molecular weight is 578 g/mol. The molecule has 0 aromatic heterocycles. The molecule has 0 aliphatic rings. The van der Waals surface area contributed by atoms with E-state index in [4.69, 9.17) is 21.1 Å². The van der Waals surface area contributed by atoms with Gasteiger partial charge in [-0.25, -0.2) is 10.2 Å². The van der Waals surface area contributed by atoms with Gasteiger partial charge in [-0.2, -0.15) is 5.10 Å². The Balaban J connectivity index is 1.36. The first-order valence-corrected chi connectivity index (χ1v) is 12.4. The SMILES string of the molecule is Cc1ccc(COc2ccc(C(=O)N/N=C/c3cc(Br)ccc3OC(=O)c3ccc(Cl)cc3)cc2)cc1. The summed E-state index contributed by atoms with van der Waals surface area (Å²) in [5.74, 6) is 0.0107. The average Bonchev–Trinajstić information content (AvgIpc) is 2.90. The summed E-state index contributed by atoms with van der Waals surface area (Å²) >= 11 is 9.27. The number of hydrazone groups is 1. The van der Waals surface area contributed by atoms with Crippen LogP contribution in [-0.2, 0) is 6.61 Å². The zero-order valence-corrected chi connectivity index (χ0v) is 22.1. The van der Waals surface area contributed by atoms with Crippen LogP contribution in [0, 0.1) is 6.92 Å². The molecule has 0 aliphatic heterocycles. The molecule has 1 amide bonds. The van der Waals surface area contributed by atoms with Gasteiger partial charge in [0.15, 0.2) is 0 Å². The number of aryl methyl sites for hydroxylation is 1. The van der Waals surface area contributed by atoms with Crippen LogP contribution in [0.2, 0.25) is 5.02 Å². The van der Waals surface area contributed by atoms with Gasteiger partial charge in [0.2, 0.25) is 0 Å². The Morgan fingerprint density at radius 3 is 2.30 bits per heavy atom. The van der Waals surface area contributed by atoms with Crippen molar-refractivity contribution in [3.63, 3.8) is 0 Å². The summed E-state index contributed by atoms with van der Waals surface area (Å²) in [4.78, 5) is 25.0. The van der Waals surface area contributed by atoms with Crippen molar-refractivity contribution < 1.29 is 19.1 Å². The molecule has 6 nitrogen and oxygen atoms in total. The normalized spacial score (nSPS) is 10.8. The molecule has 0 fully saturated rings. The van der Waals surface area contributed by atoms with Gasteiger partial charge in [-0.1, -0.05) is 57.4 Å². The van der Waals surface area contributed by atoms with E-state index in [9.17, 15) is 9.59 Å². The lowest BCUT2D eigenvalue weighted by Crippen LogP contribution is -2.17. The monoisotopic (exact) mass is 576 g/mol. The van der Waals surface area contributed by atoms with Gasteiger partial charge in [0.05, 0.1) is 11.8 Å². The van der Waals surface area contributed by atoms with E-state index in [1.165, 1.54) is 11.8 Å². The molecule has 0 unspecified atom stereocenters. The number of halogens is 2. The Hall–Kier alpha value is -3.94. The van der Waals surface area contributed by atoms with Crippen molar-refractivity contribution in [1.82, 2.24) is 5.43 Å². The molecule has 0 saturated heterocycles. The number of esters is 1. The largest absolute Gasteiger partial charge is 0.489 e. The quantitative estimate of drug-likeness (QED) is 0.106. The van der Waals surface area contributed by atoms with Crippen LogP contribution >= 0.6 is 27.5 Å². The van der Waals surface area contributed by atoms with Crippen LogP contribution in [-0.4, -0.2) is 18.1 Å². The highest BCUT2D eigenvalue weighted by Gasteiger charge is 2.12. The van der Waals surface area contributed by atoms with Crippen LogP contribution in [0.3, 0.4) is 0 Å². The van der Waals surface area contributed by atoms with E-state index in [2.05, 4.69) is 26.5 Å². The molecule has 0 heterocycles. The van der Waals surface area contributed by atoms with Gasteiger partial charge in [0.1, 0.15) is 18.1 Å². The van der Waals surface area contributed by atoms with Crippen LogP contribution in [0.1, 0.15) is 37.4 Å². The summed E-state index contributed by atoms with van der Waals surface area (Å²) in [5, 5.41) is 4.55. The van der Waals surface area contributed by atoms with Gasteiger partial charge in [0, 0.05) is 20.6 Å². The van der Waals surface area contributed by atoms with Gasteiger partial charge >= 0.3 is 5.97 Å². The molecular weight excluding hydrogens is 556 g/mol. The second-order valence-corrected chi connectivity index (χ2v) is 9.43. The first-order valence-electron chi connectivity index (χ1n) is 11.3. The van der Waals surface area contributed by atoms with Gasteiger partial charge < -0.3 is 9.47 Å². The fourth-order valence-electron chi connectivity index (χ4n) is 3.24. The van der Waals surface area contributed by atoms with Crippen molar-refractivity contribution in [2.45, 2.75) is 13.5 Å². The highest BCUT2D eigenvalue weighted by molar-refractivity contribution is 9.10. The zero-order chi connectivity index (χ0) is 26.2. The van der Waals surface area contributed by atoms with Crippen molar-refractivity contribution in [3.8, 4) is 11.5 Å². The topological polar surface area (TPSA) is 77.0 Å². The molecular formula is C29H22BrClN2O4. The van der Waals surface area contributed by atoms with E-state index in [1.54, 1.807) is 66.7 Å². The van der Waals surface area contributed by atoms with Crippen molar-refractivity contribution in [1.29, 1.82) is 0 Å². The number of benzene rings is 4. The summed E-state index contributed by atoms with van der Waals surface area (Å²) in [7, 11) is 0. The van der Waals surface area contributed by atoms with Crippen LogP contribution in [0.5, 0.6) is 11.5 Å². The molecule has 4 aromatic carbocycles. The summed E-state index contributed by atoms with van der Waals surface area (Å²) in [6.07, 6.45) is 1.41. The highest BCUT2D eigenvalue weighted by atomic mass is 79.9. The second-order valence-electron chi connectivity index (χ2n) is 8.08. The number of amides is 1. The van der Waals surface area contributed by atoms with Crippen LogP contribution < -0.4 is 14.9 Å². The number of carbonyl (C=O) groups is 2. The maximum atomic E-state index is 12.5. The summed E-state index contributed by atoms with van der Waals surface area (Å²) in [6, 6.07) is 26.4. The molecule has 37 heavy (non-hydrogen) atoms. The van der Waals surface area contributed by atoms with E-state index in [-0.39, 0.29) is 5.75 Å². The van der Waals surface area contributed by atoms with Crippen molar-refractivity contribution in [3.05, 3.63) is 128 Å². The van der Waals surface area contributed by atoms with E-state index < -0.39 is 11.9 Å². The molecule has 4 aromatic rings. The summed E-state index contributed by atoms with van der Waals surface area (Å²) in [6.45, 7) is 2.47. The first kappa shape index (κ1) is 26.1.